The van der Waals surface area contributed by atoms with Gasteiger partial charge in [0.15, 0.2) is 4.77 Å². The molecule has 0 aliphatic rings. The van der Waals surface area contributed by atoms with Crippen LogP contribution in [-0.4, -0.2) is 19.5 Å². The van der Waals surface area contributed by atoms with Crippen molar-refractivity contribution in [1.29, 1.82) is 0 Å². The maximum atomic E-state index is 5.42. The Bertz CT molecular complexity index is 1130. The van der Waals surface area contributed by atoms with Gasteiger partial charge < -0.3 is 14.9 Å². The first-order chi connectivity index (χ1) is 12.2. The van der Waals surface area contributed by atoms with Crippen LogP contribution in [0.15, 0.2) is 42.7 Å². The number of para-hydroxylation sites is 1. The maximum Gasteiger partial charge on any atom is 0.178 e. The summed E-state index contributed by atoms with van der Waals surface area (Å²) in [4.78, 5) is 12.2. The zero-order valence-corrected chi connectivity index (χ0v) is 16.2. The lowest BCUT2D eigenvalue weighted by atomic mass is 10.1. The molecule has 0 bridgehead atoms. The summed E-state index contributed by atoms with van der Waals surface area (Å²) in [5.41, 5.74) is 5.30. The Morgan fingerprint density at radius 2 is 1.96 bits per heavy atom. The number of hydrogen-bond acceptors (Lipinski definition) is 4. The van der Waals surface area contributed by atoms with Gasteiger partial charge in [0.2, 0.25) is 0 Å². The van der Waals surface area contributed by atoms with E-state index in [9.17, 15) is 0 Å². The number of benzene rings is 2. The predicted octanol–water partition coefficient (Wildman–Crippen LogP) is 5.39. The Morgan fingerprint density at radius 3 is 2.73 bits per heavy atom. The molecule has 134 valence electrons. The van der Waals surface area contributed by atoms with Gasteiger partial charge in [-0.1, -0.05) is 25.1 Å². The number of rotatable bonds is 4. The first kappa shape index (κ1) is 18.4. The smallest absolute Gasteiger partial charge is 0.178 e. The molecule has 2 aromatic carbocycles. The van der Waals surface area contributed by atoms with Crippen molar-refractivity contribution in [2.75, 3.05) is 5.32 Å². The van der Waals surface area contributed by atoms with Crippen LogP contribution in [-0.2, 0) is 13.0 Å². The zero-order valence-electron chi connectivity index (χ0n) is 14.6. The van der Waals surface area contributed by atoms with E-state index >= 15 is 0 Å². The summed E-state index contributed by atoms with van der Waals surface area (Å²) in [6.45, 7) is 5.06. The van der Waals surface area contributed by atoms with E-state index < -0.39 is 0 Å². The van der Waals surface area contributed by atoms with Gasteiger partial charge in [0, 0.05) is 17.6 Å². The third kappa shape index (κ3) is 3.06. The van der Waals surface area contributed by atoms with Crippen LogP contribution in [0.1, 0.15) is 19.4 Å². The van der Waals surface area contributed by atoms with E-state index in [2.05, 4.69) is 69.0 Å². The fourth-order valence-corrected chi connectivity index (χ4v) is 3.54. The number of aromatic nitrogens is 4. The van der Waals surface area contributed by atoms with E-state index in [-0.39, 0.29) is 12.4 Å². The number of anilines is 2. The predicted molar refractivity (Wildman–Crippen MR) is 112 cm³/mol. The molecule has 0 amide bonds. The average Bonchev–Trinajstić information content (AvgIpc) is 2.94. The number of aromatic amines is 1. The fourth-order valence-electron chi connectivity index (χ4n) is 3.20. The maximum absolute atomic E-state index is 5.42. The summed E-state index contributed by atoms with van der Waals surface area (Å²) in [5.74, 6) is 0.802. The Hall–Kier alpha value is -2.44. The second-order valence-corrected chi connectivity index (χ2v) is 6.31. The summed E-state index contributed by atoms with van der Waals surface area (Å²) in [7, 11) is 0. The minimum atomic E-state index is 0. The standard InChI is InChI=1S/C19H19N5S.ClH/c1-3-12-7-5-6-8-14(12)22-18-13-9-16-17(10-15(13)20-11-21-18)24(4-2)19(25)23-16;/h5-11H,3-4H2,1-2H3,(H,23,25)(H,20,21,22);1H. The summed E-state index contributed by atoms with van der Waals surface area (Å²) < 4.78 is 2.80. The van der Waals surface area contributed by atoms with E-state index in [1.165, 1.54) is 5.56 Å². The topological polar surface area (TPSA) is 58.5 Å². The third-order valence-corrected chi connectivity index (χ3v) is 4.82. The van der Waals surface area contributed by atoms with E-state index in [1.807, 2.05) is 6.07 Å². The van der Waals surface area contributed by atoms with Crippen molar-refractivity contribution in [1.82, 2.24) is 19.5 Å². The average molecular weight is 386 g/mol. The third-order valence-electron chi connectivity index (χ3n) is 4.50. The first-order valence-electron chi connectivity index (χ1n) is 8.43. The van der Waals surface area contributed by atoms with Crippen molar-refractivity contribution in [3.63, 3.8) is 0 Å². The van der Waals surface area contributed by atoms with Crippen molar-refractivity contribution in [3.05, 3.63) is 53.1 Å². The first-order valence-corrected chi connectivity index (χ1v) is 8.84. The minimum absolute atomic E-state index is 0. The molecular weight excluding hydrogens is 366 g/mol. The van der Waals surface area contributed by atoms with E-state index in [1.54, 1.807) is 6.33 Å². The number of nitrogens with one attached hydrogen (secondary N) is 2. The number of nitrogens with zero attached hydrogens (tertiary/aromatic N) is 3. The summed E-state index contributed by atoms with van der Waals surface area (Å²) in [5, 5.41) is 4.44. The highest BCUT2D eigenvalue weighted by Gasteiger charge is 2.10. The molecule has 2 heterocycles. The molecule has 0 spiro atoms. The zero-order chi connectivity index (χ0) is 17.4. The molecule has 0 aliphatic heterocycles. The quantitative estimate of drug-likeness (QED) is 0.462. The van der Waals surface area contributed by atoms with Crippen LogP contribution in [0.3, 0.4) is 0 Å². The lowest BCUT2D eigenvalue weighted by Crippen LogP contribution is -1.99. The number of hydrogen-bond donors (Lipinski definition) is 2. The largest absolute Gasteiger partial charge is 0.339 e. The number of aryl methyl sites for hydroxylation is 2. The van der Waals surface area contributed by atoms with Crippen LogP contribution in [0, 0.1) is 4.77 Å². The van der Waals surface area contributed by atoms with Crippen LogP contribution in [0.2, 0.25) is 0 Å². The molecule has 2 N–H and O–H groups in total. The molecule has 7 heteroatoms. The van der Waals surface area contributed by atoms with Crippen molar-refractivity contribution >= 4 is 58.1 Å². The van der Waals surface area contributed by atoms with Crippen LogP contribution >= 0.6 is 24.6 Å². The van der Waals surface area contributed by atoms with Gasteiger partial charge in [-0.15, -0.1) is 12.4 Å². The number of H-pyrrole nitrogens is 1. The molecule has 0 saturated heterocycles. The second-order valence-electron chi connectivity index (χ2n) is 5.92. The normalized spacial score (nSPS) is 10.8. The van der Waals surface area contributed by atoms with Crippen molar-refractivity contribution in [3.8, 4) is 0 Å². The fraction of sp³-hybridized carbons (Fsp3) is 0.211. The molecule has 0 radical (unpaired) electrons. The van der Waals surface area contributed by atoms with Gasteiger partial charge in [-0.05, 0) is 49.3 Å². The molecule has 0 fully saturated rings. The summed E-state index contributed by atoms with van der Waals surface area (Å²) >= 11 is 5.42. The molecule has 0 atom stereocenters. The molecule has 4 aromatic rings. The second kappa shape index (κ2) is 7.43. The van der Waals surface area contributed by atoms with E-state index in [4.69, 9.17) is 12.2 Å². The van der Waals surface area contributed by atoms with Crippen molar-refractivity contribution < 1.29 is 0 Å². The summed E-state index contributed by atoms with van der Waals surface area (Å²) in [6.07, 6.45) is 2.56. The van der Waals surface area contributed by atoms with E-state index in [0.29, 0.717) is 0 Å². The molecule has 2 aromatic heterocycles. The number of imidazole rings is 1. The van der Waals surface area contributed by atoms with Gasteiger partial charge in [0.25, 0.3) is 0 Å². The number of fused-ring (bicyclic) bond motifs is 2. The Kier molecular flexibility index (Phi) is 5.25. The molecule has 26 heavy (non-hydrogen) atoms. The van der Waals surface area contributed by atoms with Gasteiger partial charge in [0.1, 0.15) is 12.1 Å². The molecule has 0 saturated carbocycles. The SMILES string of the molecule is CCc1ccccc1Nc1ncnc2cc3c(cc12)[nH]c(=S)n3CC.Cl. The van der Waals surface area contributed by atoms with Gasteiger partial charge in [-0.3, -0.25) is 0 Å². The highest BCUT2D eigenvalue weighted by atomic mass is 35.5. The van der Waals surface area contributed by atoms with Crippen molar-refractivity contribution in [2.45, 2.75) is 26.8 Å². The Morgan fingerprint density at radius 1 is 1.15 bits per heavy atom. The molecular formula is C19H20ClN5S. The molecule has 5 nitrogen and oxygen atoms in total. The Balaban J connectivity index is 0.00000196. The van der Waals surface area contributed by atoms with Gasteiger partial charge in [0.05, 0.1) is 16.6 Å². The lowest BCUT2D eigenvalue weighted by Gasteiger charge is -2.12. The van der Waals surface area contributed by atoms with Crippen LogP contribution in [0.5, 0.6) is 0 Å². The van der Waals surface area contributed by atoms with Crippen molar-refractivity contribution in [2.24, 2.45) is 0 Å². The highest BCUT2D eigenvalue weighted by molar-refractivity contribution is 7.71. The minimum Gasteiger partial charge on any atom is -0.339 e. The monoisotopic (exact) mass is 385 g/mol. The van der Waals surface area contributed by atoms with Crippen LogP contribution in [0.25, 0.3) is 21.9 Å². The lowest BCUT2D eigenvalue weighted by molar-refractivity contribution is 0.774. The van der Waals surface area contributed by atoms with Gasteiger partial charge >= 0.3 is 0 Å². The van der Waals surface area contributed by atoms with Crippen LogP contribution in [0.4, 0.5) is 11.5 Å². The molecule has 4 rings (SSSR count). The summed E-state index contributed by atoms with van der Waals surface area (Å²) in [6, 6.07) is 12.4. The highest BCUT2D eigenvalue weighted by Crippen LogP contribution is 2.28. The van der Waals surface area contributed by atoms with Crippen LogP contribution < -0.4 is 5.32 Å². The van der Waals surface area contributed by atoms with Gasteiger partial charge in [-0.2, -0.15) is 0 Å². The Labute approximate surface area is 162 Å². The number of halogens is 1. The molecule has 0 unspecified atom stereocenters. The van der Waals surface area contributed by atoms with E-state index in [0.717, 1.165) is 51.2 Å². The molecule has 0 aliphatic carbocycles. The van der Waals surface area contributed by atoms with Gasteiger partial charge in [-0.25, -0.2) is 9.97 Å².